The van der Waals surface area contributed by atoms with Crippen molar-refractivity contribution in [3.05, 3.63) is 52.7 Å². The van der Waals surface area contributed by atoms with Crippen molar-refractivity contribution in [1.29, 1.82) is 0 Å². The Morgan fingerprint density at radius 1 is 0.889 bits per heavy atom. The fourth-order valence-corrected chi connectivity index (χ4v) is 6.33. The van der Waals surface area contributed by atoms with Crippen LogP contribution in [0.25, 0.3) is 0 Å². The van der Waals surface area contributed by atoms with Crippen LogP contribution in [-0.4, -0.2) is 16.6 Å². The summed E-state index contributed by atoms with van der Waals surface area (Å²) in [5.74, 6) is -2.77. The Kier molecular flexibility index (Phi) is 5.91. The number of rotatable bonds is 4. The number of ketones is 2. The molecule has 36 heavy (non-hydrogen) atoms. The van der Waals surface area contributed by atoms with Gasteiger partial charge in [-0.3, -0.25) is 9.59 Å². The van der Waals surface area contributed by atoms with Crippen LogP contribution in [0.2, 0.25) is 0 Å². The predicted molar refractivity (Wildman–Crippen MR) is 115 cm³/mol. The van der Waals surface area contributed by atoms with Crippen molar-refractivity contribution in [1.82, 2.24) is 4.98 Å². The van der Waals surface area contributed by atoms with Crippen LogP contribution in [-0.2, 0) is 28.4 Å². The zero-order valence-corrected chi connectivity index (χ0v) is 19.2. The highest BCUT2D eigenvalue weighted by molar-refractivity contribution is 6.16. The monoisotopic (exact) mass is 511 g/mol. The van der Waals surface area contributed by atoms with Gasteiger partial charge >= 0.3 is 12.4 Å². The second kappa shape index (κ2) is 8.59. The molecule has 4 aliphatic rings. The molecule has 0 spiro atoms. The molecule has 4 aliphatic carbocycles. The standard InChI is InChI=1S/C26H23F6NO3/c1-2-12-7-8-16(36-24-18(26(30,31)32)9-15(11-33-24)25(27,28)29)10-17(12)21-22(34)19-13-3-4-14(6-5-13)20(19)23(21)35/h7-11,13-14,19-21H,2-6H2,1H3. The molecule has 4 nitrogen and oxygen atoms in total. The number of hydrogen-bond donors (Lipinski definition) is 0. The number of ether oxygens (including phenoxy) is 1. The summed E-state index contributed by atoms with van der Waals surface area (Å²) in [7, 11) is 0. The van der Waals surface area contributed by atoms with Crippen molar-refractivity contribution in [2.45, 2.75) is 57.3 Å². The van der Waals surface area contributed by atoms with E-state index in [4.69, 9.17) is 4.74 Å². The van der Waals surface area contributed by atoms with Crippen molar-refractivity contribution in [2.24, 2.45) is 23.7 Å². The van der Waals surface area contributed by atoms with Crippen molar-refractivity contribution >= 4 is 11.6 Å². The molecule has 2 unspecified atom stereocenters. The van der Waals surface area contributed by atoms with Gasteiger partial charge in [0.05, 0.1) is 5.56 Å². The number of halogens is 6. The lowest BCUT2D eigenvalue weighted by Crippen LogP contribution is -2.41. The van der Waals surface area contributed by atoms with E-state index in [9.17, 15) is 35.9 Å². The third-order valence-electron chi connectivity index (χ3n) is 7.95. The van der Waals surface area contributed by atoms with E-state index in [1.54, 1.807) is 6.07 Å². The minimum Gasteiger partial charge on any atom is -0.438 e. The van der Waals surface area contributed by atoms with Crippen LogP contribution in [0.4, 0.5) is 26.3 Å². The number of benzene rings is 1. The number of hydrogen-bond acceptors (Lipinski definition) is 4. The molecular formula is C26H23F6NO3. The Balaban J connectivity index is 1.52. The van der Waals surface area contributed by atoms with Crippen LogP contribution in [0, 0.1) is 23.7 Å². The highest BCUT2D eigenvalue weighted by Gasteiger charge is 2.59. The van der Waals surface area contributed by atoms with E-state index >= 15 is 0 Å². The van der Waals surface area contributed by atoms with Crippen LogP contribution in [0.5, 0.6) is 11.6 Å². The maximum Gasteiger partial charge on any atom is 0.421 e. The van der Waals surface area contributed by atoms with Gasteiger partial charge in [0.25, 0.3) is 0 Å². The number of fused-ring (bicyclic) bond motifs is 2. The number of pyridine rings is 1. The first-order valence-corrected chi connectivity index (χ1v) is 11.9. The lowest BCUT2D eigenvalue weighted by Gasteiger charge is -2.43. The summed E-state index contributed by atoms with van der Waals surface area (Å²) in [6, 6.07) is 4.24. The Morgan fingerprint density at radius 3 is 1.97 bits per heavy atom. The first-order chi connectivity index (χ1) is 16.9. The summed E-state index contributed by atoms with van der Waals surface area (Å²) < 4.78 is 84.9. The number of aryl methyl sites for hydroxylation is 1. The Bertz CT molecular complexity index is 1180. The second-order valence-electron chi connectivity index (χ2n) is 9.85. The SMILES string of the molecule is CCc1ccc(Oc2ncc(C(F)(F)F)cc2C(F)(F)F)cc1C1C(=O)C2C3CCC(CC3)C2C1=O. The number of aromatic nitrogens is 1. The number of carbonyl (C=O) groups excluding carboxylic acids is 2. The van der Waals surface area contributed by atoms with E-state index in [1.807, 2.05) is 6.92 Å². The van der Waals surface area contributed by atoms with Crippen LogP contribution in [0.1, 0.15) is 60.8 Å². The minimum atomic E-state index is -5.15. The van der Waals surface area contributed by atoms with Gasteiger partial charge in [0.1, 0.15) is 17.2 Å². The molecule has 0 aliphatic heterocycles. The number of carbonyl (C=O) groups is 2. The van der Waals surface area contributed by atoms with Gasteiger partial charge in [0.2, 0.25) is 5.88 Å². The summed E-state index contributed by atoms with van der Waals surface area (Å²) in [6.45, 7) is 1.83. The number of nitrogens with zero attached hydrogens (tertiary/aromatic N) is 1. The van der Waals surface area contributed by atoms with Crippen LogP contribution >= 0.6 is 0 Å². The molecule has 0 saturated heterocycles. The van der Waals surface area contributed by atoms with Gasteiger partial charge in [-0.15, -0.1) is 0 Å². The van der Waals surface area contributed by atoms with Crippen molar-refractivity contribution in [3.8, 4) is 11.6 Å². The van der Waals surface area contributed by atoms with E-state index in [0.717, 1.165) is 25.7 Å². The van der Waals surface area contributed by atoms with Crippen LogP contribution < -0.4 is 4.74 Å². The second-order valence-corrected chi connectivity index (χ2v) is 9.85. The molecule has 192 valence electrons. The third kappa shape index (κ3) is 4.08. The summed E-state index contributed by atoms with van der Waals surface area (Å²) in [5, 5.41) is 0. The van der Waals surface area contributed by atoms with E-state index in [0.29, 0.717) is 17.5 Å². The van der Waals surface area contributed by atoms with Crippen molar-refractivity contribution < 1.29 is 40.7 Å². The minimum absolute atomic E-state index is 0.0475. The quantitative estimate of drug-likeness (QED) is 0.336. The van der Waals surface area contributed by atoms with Crippen molar-refractivity contribution in [3.63, 3.8) is 0 Å². The first-order valence-electron chi connectivity index (χ1n) is 11.9. The zero-order valence-electron chi connectivity index (χ0n) is 19.2. The number of Topliss-reactive ketones (excluding diaryl/α,β-unsaturated/α-hetero) is 2. The van der Waals surface area contributed by atoms with Gasteiger partial charge < -0.3 is 4.74 Å². The molecule has 0 N–H and O–H groups in total. The molecule has 2 aromatic rings. The van der Waals surface area contributed by atoms with E-state index in [1.165, 1.54) is 12.1 Å². The lowest BCUT2D eigenvalue weighted by molar-refractivity contribution is -0.144. The van der Waals surface area contributed by atoms with Crippen LogP contribution in [0.3, 0.4) is 0 Å². The molecule has 4 saturated carbocycles. The molecule has 2 atom stereocenters. The average Bonchev–Trinajstić information content (AvgIpc) is 3.11. The molecule has 0 amide bonds. The maximum absolute atomic E-state index is 13.5. The van der Waals surface area contributed by atoms with Gasteiger partial charge in [-0.05, 0) is 73.3 Å². The van der Waals surface area contributed by atoms with Crippen LogP contribution in [0.15, 0.2) is 30.5 Å². The Labute approximate surface area is 203 Å². The molecule has 2 bridgehead atoms. The fraction of sp³-hybridized carbons (Fsp3) is 0.500. The summed E-state index contributed by atoms with van der Waals surface area (Å²) in [6.07, 6.45) is -5.74. The van der Waals surface area contributed by atoms with Gasteiger partial charge in [0, 0.05) is 18.0 Å². The average molecular weight is 511 g/mol. The van der Waals surface area contributed by atoms with E-state index in [2.05, 4.69) is 4.98 Å². The van der Waals surface area contributed by atoms with E-state index < -0.39 is 35.3 Å². The number of alkyl halides is 6. The molecule has 1 aromatic carbocycles. The Morgan fingerprint density at radius 2 is 1.47 bits per heavy atom. The molecule has 4 fully saturated rings. The fourth-order valence-electron chi connectivity index (χ4n) is 6.33. The molecule has 1 heterocycles. The highest BCUT2D eigenvalue weighted by atomic mass is 19.4. The molecule has 0 radical (unpaired) electrons. The smallest absolute Gasteiger partial charge is 0.421 e. The van der Waals surface area contributed by atoms with Gasteiger partial charge in [0.15, 0.2) is 11.6 Å². The molecular weight excluding hydrogens is 488 g/mol. The van der Waals surface area contributed by atoms with Crippen molar-refractivity contribution in [2.75, 3.05) is 0 Å². The summed E-state index contributed by atoms with van der Waals surface area (Å²) >= 11 is 0. The highest BCUT2D eigenvalue weighted by Crippen LogP contribution is 2.56. The molecule has 1 aromatic heterocycles. The normalized spacial score (nSPS) is 27.9. The predicted octanol–water partition coefficient (Wildman–Crippen LogP) is 6.76. The first kappa shape index (κ1) is 24.8. The van der Waals surface area contributed by atoms with Gasteiger partial charge in [-0.2, -0.15) is 26.3 Å². The lowest BCUT2D eigenvalue weighted by atomic mass is 9.59. The zero-order chi connectivity index (χ0) is 26.0. The molecule has 6 rings (SSSR count). The summed E-state index contributed by atoms with van der Waals surface area (Å²) in [4.78, 5) is 30.2. The topological polar surface area (TPSA) is 56.3 Å². The largest absolute Gasteiger partial charge is 0.438 e. The van der Waals surface area contributed by atoms with Gasteiger partial charge in [-0.1, -0.05) is 13.0 Å². The maximum atomic E-state index is 13.5. The van der Waals surface area contributed by atoms with E-state index in [-0.39, 0.29) is 53.3 Å². The Hall–Kier alpha value is -2.91. The molecule has 10 heteroatoms. The third-order valence-corrected chi connectivity index (χ3v) is 7.95. The van der Waals surface area contributed by atoms with Gasteiger partial charge in [-0.25, -0.2) is 4.98 Å². The summed E-state index contributed by atoms with van der Waals surface area (Å²) in [5.41, 5.74) is -2.15.